The summed E-state index contributed by atoms with van der Waals surface area (Å²) in [6.45, 7) is 3.82. The van der Waals surface area contributed by atoms with Gasteiger partial charge in [-0.3, -0.25) is 4.79 Å². The number of benzene rings is 2. The molecule has 0 aliphatic heterocycles. The number of hydrogen-bond donors (Lipinski definition) is 2. The molecule has 2 N–H and O–H groups in total. The quantitative estimate of drug-likeness (QED) is 0.717. The molecular weight excluding hydrogens is 318 g/mol. The number of esters is 1. The molecule has 5 heteroatoms. The highest BCUT2D eigenvalue weighted by molar-refractivity contribution is 5.89. The van der Waals surface area contributed by atoms with Gasteiger partial charge in [-0.15, -0.1) is 0 Å². The molecule has 0 saturated carbocycles. The topological polar surface area (TPSA) is 79.4 Å². The van der Waals surface area contributed by atoms with Crippen molar-refractivity contribution in [2.45, 2.75) is 20.0 Å². The maximum atomic E-state index is 11.7. The maximum absolute atomic E-state index is 11.7. The minimum Gasteiger partial charge on any atom is -0.462 e. The molecule has 0 radical (unpaired) electrons. The van der Waals surface area contributed by atoms with E-state index >= 15 is 0 Å². The van der Waals surface area contributed by atoms with Gasteiger partial charge in [0.05, 0.1) is 12.2 Å². The second-order valence-corrected chi connectivity index (χ2v) is 5.87. The van der Waals surface area contributed by atoms with Gasteiger partial charge < -0.3 is 14.8 Å². The van der Waals surface area contributed by atoms with Gasteiger partial charge in [-0.2, -0.15) is 0 Å². The number of rotatable bonds is 4. The molecule has 25 heavy (non-hydrogen) atoms. The van der Waals surface area contributed by atoms with Crippen molar-refractivity contribution < 1.29 is 14.6 Å². The van der Waals surface area contributed by atoms with E-state index in [1.54, 1.807) is 56.3 Å². The van der Waals surface area contributed by atoms with Gasteiger partial charge in [0.15, 0.2) is 0 Å². The summed E-state index contributed by atoms with van der Waals surface area (Å²) in [4.78, 5) is 26.2. The molecule has 0 fully saturated rings. The number of H-pyrrole nitrogens is 1. The van der Waals surface area contributed by atoms with Crippen molar-refractivity contribution in [3.8, 4) is 0 Å². The number of pyridine rings is 1. The number of nitrogens with one attached hydrogen (secondary N) is 1. The molecule has 128 valence electrons. The molecule has 2 aromatic carbocycles. The summed E-state index contributed by atoms with van der Waals surface area (Å²) in [5.74, 6) is -0.381. The first-order valence-electron chi connectivity index (χ1n) is 8.08. The Balaban J connectivity index is 1.91. The van der Waals surface area contributed by atoms with E-state index in [9.17, 15) is 14.7 Å². The fourth-order valence-corrected chi connectivity index (χ4v) is 2.71. The number of aliphatic hydroxyl groups is 1. The fourth-order valence-electron chi connectivity index (χ4n) is 2.71. The summed E-state index contributed by atoms with van der Waals surface area (Å²) in [7, 11) is 0. The third-order valence-corrected chi connectivity index (χ3v) is 4.11. The minimum atomic E-state index is -0.826. The molecular formula is C20H19NO4. The van der Waals surface area contributed by atoms with Crippen LogP contribution in [0.4, 0.5) is 0 Å². The summed E-state index contributed by atoms with van der Waals surface area (Å²) < 4.78 is 4.95. The molecule has 5 nitrogen and oxygen atoms in total. The average molecular weight is 337 g/mol. The van der Waals surface area contributed by atoms with Crippen LogP contribution < -0.4 is 5.56 Å². The van der Waals surface area contributed by atoms with Gasteiger partial charge in [0, 0.05) is 11.1 Å². The van der Waals surface area contributed by atoms with Crippen LogP contribution in [-0.4, -0.2) is 22.7 Å². The van der Waals surface area contributed by atoms with Crippen molar-refractivity contribution in [3.63, 3.8) is 0 Å². The van der Waals surface area contributed by atoms with Crippen molar-refractivity contribution in [2.24, 2.45) is 0 Å². The van der Waals surface area contributed by atoms with Crippen LogP contribution in [-0.2, 0) is 4.74 Å². The standard InChI is InChI=1S/C20H19NO4/c1-3-25-20(24)14-6-4-13(5-7-14)18(22)15-8-9-17-16(11-15)10-12(2)19(23)21-17/h4-11,18,22H,3H2,1-2H3,(H,21,23). The number of aromatic nitrogens is 1. The molecule has 0 amide bonds. The zero-order valence-electron chi connectivity index (χ0n) is 14.1. The van der Waals surface area contributed by atoms with Gasteiger partial charge in [0.2, 0.25) is 0 Å². The summed E-state index contributed by atoms with van der Waals surface area (Å²) in [6, 6.07) is 13.9. The summed E-state index contributed by atoms with van der Waals surface area (Å²) in [6.07, 6.45) is -0.826. The maximum Gasteiger partial charge on any atom is 0.338 e. The third kappa shape index (κ3) is 3.46. The van der Waals surface area contributed by atoms with Crippen LogP contribution in [0.25, 0.3) is 10.9 Å². The third-order valence-electron chi connectivity index (χ3n) is 4.11. The number of hydrogen-bond acceptors (Lipinski definition) is 4. The highest BCUT2D eigenvalue weighted by Crippen LogP contribution is 2.25. The smallest absolute Gasteiger partial charge is 0.338 e. The number of ether oxygens (including phenoxy) is 1. The molecule has 0 spiro atoms. The van der Waals surface area contributed by atoms with Crippen LogP contribution >= 0.6 is 0 Å². The number of fused-ring (bicyclic) bond motifs is 1. The Morgan fingerprint density at radius 1 is 1.12 bits per heavy atom. The Hall–Kier alpha value is -2.92. The predicted molar refractivity (Wildman–Crippen MR) is 95.8 cm³/mol. The van der Waals surface area contributed by atoms with Crippen LogP contribution in [0, 0.1) is 6.92 Å². The Morgan fingerprint density at radius 3 is 2.48 bits per heavy atom. The second kappa shape index (κ2) is 6.91. The van der Waals surface area contributed by atoms with Gasteiger partial charge >= 0.3 is 5.97 Å². The first kappa shape index (κ1) is 16.9. The SMILES string of the molecule is CCOC(=O)c1ccc(C(O)c2ccc3[nH]c(=O)c(C)cc3c2)cc1. The van der Waals surface area contributed by atoms with Gasteiger partial charge in [-0.25, -0.2) is 4.79 Å². The molecule has 3 rings (SSSR count). The van der Waals surface area contributed by atoms with E-state index in [4.69, 9.17) is 4.74 Å². The van der Waals surface area contributed by atoms with Crippen LogP contribution in [0.15, 0.2) is 53.3 Å². The summed E-state index contributed by atoms with van der Waals surface area (Å²) >= 11 is 0. The Bertz CT molecular complexity index is 973. The highest BCUT2D eigenvalue weighted by atomic mass is 16.5. The van der Waals surface area contributed by atoms with E-state index in [-0.39, 0.29) is 11.5 Å². The molecule has 0 bridgehead atoms. The van der Waals surface area contributed by atoms with Crippen LogP contribution in [0.1, 0.15) is 40.1 Å². The molecule has 0 aliphatic rings. The first-order valence-corrected chi connectivity index (χ1v) is 8.08. The minimum absolute atomic E-state index is 0.115. The summed E-state index contributed by atoms with van der Waals surface area (Å²) in [5, 5.41) is 11.5. The highest BCUT2D eigenvalue weighted by Gasteiger charge is 2.13. The van der Waals surface area contributed by atoms with Gasteiger partial charge in [-0.1, -0.05) is 18.2 Å². The van der Waals surface area contributed by atoms with Crippen molar-refractivity contribution in [2.75, 3.05) is 6.61 Å². The fraction of sp³-hybridized carbons (Fsp3) is 0.200. The Morgan fingerprint density at radius 2 is 1.80 bits per heavy atom. The number of aromatic amines is 1. The zero-order valence-corrected chi connectivity index (χ0v) is 14.1. The van der Waals surface area contributed by atoms with Crippen molar-refractivity contribution in [3.05, 3.63) is 81.1 Å². The Kier molecular flexibility index (Phi) is 4.67. The largest absolute Gasteiger partial charge is 0.462 e. The second-order valence-electron chi connectivity index (χ2n) is 5.87. The van der Waals surface area contributed by atoms with Gasteiger partial charge in [0.1, 0.15) is 6.10 Å². The van der Waals surface area contributed by atoms with Crippen molar-refractivity contribution in [1.82, 2.24) is 4.98 Å². The molecule has 0 saturated heterocycles. The van der Waals surface area contributed by atoms with E-state index in [1.807, 2.05) is 6.07 Å². The molecule has 0 aliphatic carbocycles. The van der Waals surface area contributed by atoms with Crippen LogP contribution in [0.2, 0.25) is 0 Å². The van der Waals surface area contributed by atoms with E-state index in [0.29, 0.717) is 28.9 Å². The lowest BCUT2D eigenvalue weighted by molar-refractivity contribution is 0.0526. The molecule has 1 atom stereocenters. The number of aryl methyl sites for hydroxylation is 1. The van der Waals surface area contributed by atoms with E-state index < -0.39 is 6.10 Å². The van der Waals surface area contributed by atoms with Gasteiger partial charge in [0.25, 0.3) is 5.56 Å². The monoisotopic (exact) mass is 337 g/mol. The molecule has 3 aromatic rings. The lowest BCUT2D eigenvalue weighted by Gasteiger charge is -2.13. The first-order chi connectivity index (χ1) is 12.0. The number of carbonyl (C=O) groups excluding carboxylic acids is 1. The average Bonchev–Trinajstić information content (AvgIpc) is 2.62. The zero-order chi connectivity index (χ0) is 18.0. The Labute approximate surface area is 144 Å². The lowest BCUT2D eigenvalue weighted by Crippen LogP contribution is -2.09. The predicted octanol–water partition coefficient (Wildman–Crippen LogP) is 3.09. The molecule has 1 heterocycles. The van der Waals surface area contributed by atoms with Crippen molar-refractivity contribution in [1.29, 1.82) is 0 Å². The number of carbonyl (C=O) groups is 1. The van der Waals surface area contributed by atoms with E-state index in [0.717, 1.165) is 10.9 Å². The van der Waals surface area contributed by atoms with Crippen LogP contribution in [0.5, 0.6) is 0 Å². The van der Waals surface area contributed by atoms with E-state index in [1.165, 1.54) is 0 Å². The van der Waals surface area contributed by atoms with Crippen LogP contribution in [0.3, 0.4) is 0 Å². The lowest BCUT2D eigenvalue weighted by atomic mass is 9.98. The normalized spacial score (nSPS) is 12.1. The molecule has 1 unspecified atom stereocenters. The summed E-state index contributed by atoms with van der Waals surface area (Å²) in [5.41, 5.74) is 3.07. The number of aliphatic hydroxyl groups excluding tert-OH is 1. The molecule has 1 aromatic heterocycles. The van der Waals surface area contributed by atoms with Crippen molar-refractivity contribution >= 4 is 16.9 Å². The van der Waals surface area contributed by atoms with E-state index in [2.05, 4.69) is 4.98 Å². The van der Waals surface area contributed by atoms with Gasteiger partial charge in [-0.05, 0) is 60.7 Å².